The zero-order chi connectivity index (χ0) is 21.1. The topological polar surface area (TPSA) is 104 Å². The summed E-state index contributed by atoms with van der Waals surface area (Å²) in [5.74, 6) is -0.668. The van der Waals surface area contributed by atoms with Gasteiger partial charge < -0.3 is 20.7 Å². The average molecular weight is 384 g/mol. The van der Waals surface area contributed by atoms with E-state index in [2.05, 4.69) is 16.0 Å². The van der Waals surface area contributed by atoms with Crippen LogP contribution in [0.3, 0.4) is 0 Å². The molecule has 0 rings (SSSR count). The molecule has 7 heteroatoms. The predicted octanol–water partition coefficient (Wildman–Crippen LogP) is 1.80. The van der Waals surface area contributed by atoms with Crippen LogP contribution in [-0.4, -0.2) is 42.1 Å². The van der Waals surface area contributed by atoms with E-state index in [1.807, 2.05) is 41.5 Å². The fourth-order valence-corrected chi connectivity index (χ4v) is 2.75. The summed E-state index contributed by atoms with van der Waals surface area (Å²) in [6.45, 7) is 13.0. The van der Waals surface area contributed by atoms with E-state index in [0.29, 0.717) is 12.8 Å². The number of carbonyl (C=O) groups excluding carboxylic acids is 4. The summed E-state index contributed by atoms with van der Waals surface area (Å²) in [5.41, 5.74) is 0. The standard InChI is InChI=1S/C20H37N3O4/c1-8-14(6)18(11-24)23-20(27)17(10-13(4)5)22-19(26)16(9-12(2)3)21-15(7)25/h11-14,16-18H,8-10H2,1-7H3,(H,21,25)(H,22,26)(H,23,27)/t14?,16-,17-,18+/m0/s1. The van der Waals surface area contributed by atoms with Gasteiger partial charge in [0.15, 0.2) is 0 Å². The highest BCUT2D eigenvalue weighted by atomic mass is 16.2. The maximum Gasteiger partial charge on any atom is 0.243 e. The van der Waals surface area contributed by atoms with E-state index >= 15 is 0 Å². The number of hydrogen-bond acceptors (Lipinski definition) is 4. The molecule has 0 spiro atoms. The van der Waals surface area contributed by atoms with Gasteiger partial charge in [-0.1, -0.05) is 48.0 Å². The zero-order valence-corrected chi connectivity index (χ0v) is 17.8. The van der Waals surface area contributed by atoms with Gasteiger partial charge in [-0.05, 0) is 30.6 Å². The van der Waals surface area contributed by atoms with Crippen molar-refractivity contribution in [1.82, 2.24) is 16.0 Å². The molecule has 0 aliphatic heterocycles. The Hall–Kier alpha value is -1.92. The summed E-state index contributed by atoms with van der Waals surface area (Å²) >= 11 is 0. The van der Waals surface area contributed by atoms with Crippen LogP contribution < -0.4 is 16.0 Å². The van der Waals surface area contributed by atoms with E-state index in [1.165, 1.54) is 6.92 Å². The van der Waals surface area contributed by atoms with Crippen LogP contribution in [0.15, 0.2) is 0 Å². The van der Waals surface area contributed by atoms with Gasteiger partial charge in [0.1, 0.15) is 18.4 Å². The van der Waals surface area contributed by atoms with Crippen molar-refractivity contribution >= 4 is 24.0 Å². The normalized spacial score (nSPS) is 15.6. The second kappa shape index (κ2) is 12.5. The minimum atomic E-state index is -0.757. The molecule has 0 heterocycles. The van der Waals surface area contributed by atoms with Crippen LogP contribution >= 0.6 is 0 Å². The Morgan fingerprint density at radius 1 is 0.815 bits per heavy atom. The third-order valence-corrected chi connectivity index (χ3v) is 4.45. The Morgan fingerprint density at radius 2 is 1.26 bits per heavy atom. The largest absolute Gasteiger partial charge is 0.345 e. The van der Waals surface area contributed by atoms with Gasteiger partial charge in [0.2, 0.25) is 17.7 Å². The van der Waals surface area contributed by atoms with Gasteiger partial charge in [-0.3, -0.25) is 14.4 Å². The molecule has 0 fully saturated rings. The molecule has 0 aromatic rings. The van der Waals surface area contributed by atoms with Crippen molar-refractivity contribution in [3.05, 3.63) is 0 Å². The molecule has 156 valence electrons. The van der Waals surface area contributed by atoms with Crippen LogP contribution in [0.4, 0.5) is 0 Å². The SMILES string of the molecule is CCC(C)[C@@H](C=O)NC(=O)[C@H](CC(C)C)NC(=O)[C@H](CC(C)C)NC(C)=O. The number of rotatable bonds is 12. The lowest BCUT2D eigenvalue weighted by molar-refractivity contribution is -0.133. The van der Waals surface area contributed by atoms with Gasteiger partial charge in [0.05, 0.1) is 6.04 Å². The third kappa shape index (κ3) is 10.1. The summed E-state index contributed by atoms with van der Waals surface area (Å²) in [7, 11) is 0. The first-order valence-corrected chi connectivity index (χ1v) is 9.84. The van der Waals surface area contributed by atoms with Crippen molar-refractivity contribution in [2.45, 2.75) is 85.9 Å². The van der Waals surface area contributed by atoms with Gasteiger partial charge in [-0.2, -0.15) is 0 Å². The van der Waals surface area contributed by atoms with Crippen molar-refractivity contribution in [1.29, 1.82) is 0 Å². The van der Waals surface area contributed by atoms with E-state index in [4.69, 9.17) is 0 Å². The molecule has 3 amide bonds. The first-order valence-electron chi connectivity index (χ1n) is 9.84. The molecule has 0 saturated heterocycles. The fraction of sp³-hybridized carbons (Fsp3) is 0.800. The van der Waals surface area contributed by atoms with Crippen molar-refractivity contribution in [2.75, 3.05) is 0 Å². The minimum Gasteiger partial charge on any atom is -0.345 e. The Labute approximate surface area is 163 Å². The number of hydrogen-bond donors (Lipinski definition) is 3. The van der Waals surface area contributed by atoms with Gasteiger partial charge in [0.25, 0.3) is 0 Å². The molecule has 0 saturated carbocycles. The van der Waals surface area contributed by atoms with E-state index < -0.39 is 18.1 Å². The molecule has 0 bridgehead atoms. The highest BCUT2D eigenvalue weighted by Gasteiger charge is 2.29. The first-order chi connectivity index (χ1) is 12.5. The second-order valence-electron chi connectivity index (χ2n) is 8.13. The monoisotopic (exact) mass is 383 g/mol. The molecule has 7 nitrogen and oxygen atoms in total. The summed E-state index contributed by atoms with van der Waals surface area (Å²) in [4.78, 5) is 48.1. The first kappa shape index (κ1) is 25.1. The quantitative estimate of drug-likeness (QED) is 0.447. The summed E-state index contributed by atoms with van der Waals surface area (Å²) in [6.07, 6.45) is 2.41. The van der Waals surface area contributed by atoms with E-state index in [0.717, 1.165) is 12.7 Å². The van der Waals surface area contributed by atoms with E-state index in [-0.39, 0.29) is 35.5 Å². The van der Waals surface area contributed by atoms with Crippen LogP contribution in [-0.2, 0) is 19.2 Å². The molecule has 0 radical (unpaired) electrons. The Balaban J connectivity index is 5.25. The van der Waals surface area contributed by atoms with Gasteiger partial charge >= 0.3 is 0 Å². The molecule has 4 atom stereocenters. The van der Waals surface area contributed by atoms with Crippen LogP contribution in [0, 0.1) is 17.8 Å². The lowest BCUT2D eigenvalue weighted by Crippen LogP contribution is -2.56. The van der Waals surface area contributed by atoms with Crippen LogP contribution in [0.1, 0.15) is 67.7 Å². The maximum atomic E-state index is 12.7. The molecule has 0 aliphatic carbocycles. The van der Waals surface area contributed by atoms with Gasteiger partial charge in [-0.15, -0.1) is 0 Å². The smallest absolute Gasteiger partial charge is 0.243 e. The van der Waals surface area contributed by atoms with Crippen LogP contribution in [0.5, 0.6) is 0 Å². The number of amides is 3. The molecular weight excluding hydrogens is 346 g/mol. The van der Waals surface area contributed by atoms with Crippen molar-refractivity contribution in [3.63, 3.8) is 0 Å². The molecule has 0 aromatic heterocycles. The number of carbonyl (C=O) groups is 4. The third-order valence-electron chi connectivity index (χ3n) is 4.45. The lowest BCUT2D eigenvalue weighted by atomic mass is 9.97. The molecule has 27 heavy (non-hydrogen) atoms. The lowest BCUT2D eigenvalue weighted by Gasteiger charge is -2.27. The van der Waals surface area contributed by atoms with E-state index in [9.17, 15) is 19.2 Å². The van der Waals surface area contributed by atoms with Gasteiger partial charge in [-0.25, -0.2) is 0 Å². The zero-order valence-electron chi connectivity index (χ0n) is 17.8. The Kier molecular flexibility index (Phi) is 11.6. The average Bonchev–Trinajstić information content (AvgIpc) is 2.56. The Morgan fingerprint density at radius 3 is 1.63 bits per heavy atom. The minimum absolute atomic E-state index is 0.00919. The van der Waals surface area contributed by atoms with Crippen molar-refractivity contribution in [2.24, 2.45) is 17.8 Å². The van der Waals surface area contributed by atoms with E-state index in [1.54, 1.807) is 0 Å². The predicted molar refractivity (Wildman–Crippen MR) is 106 cm³/mol. The molecule has 0 aromatic carbocycles. The van der Waals surface area contributed by atoms with Crippen LogP contribution in [0.25, 0.3) is 0 Å². The molecule has 0 aliphatic rings. The highest BCUT2D eigenvalue weighted by Crippen LogP contribution is 2.11. The van der Waals surface area contributed by atoms with Gasteiger partial charge in [0, 0.05) is 6.92 Å². The molecular formula is C20H37N3O4. The van der Waals surface area contributed by atoms with Crippen molar-refractivity contribution in [3.8, 4) is 0 Å². The summed E-state index contributed by atoms with van der Waals surface area (Å²) < 4.78 is 0. The number of nitrogens with one attached hydrogen (secondary N) is 3. The Bertz CT molecular complexity index is 505. The second-order valence-corrected chi connectivity index (χ2v) is 8.13. The van der Waals surface area contributed by atoms with Crippen LogP contribution in [0.2, 0.25) is 0 Å². The summed E-state index contributed by atoms with van der Waals surface area (Å²) in [6, 6.07) is -2.04. The highest BCUT2D eigenvalue weighted by molar-refractivity contribution is 5.92. The molecule has 3 N–H and O–H groups in total. The number of aldehydes is 1. The molecule has 1 unspecified atom stereocenters. The maximum absolute atomic E-state index is 12.7. The summed E-state index contributed by atoms with van der Waals surface area (Å²) in [5, 5.41) is 8.15. The fourth-order valence-electron chi connectivity index (χ4n) is 2.75. The van der Waals surface area contributed by atoms with Crippen molar-refractivity contribution < 1.29 is 19.2 Å².